The molecule has 7 heterocycles. The molecule has 6 aromatic rings. The van der Waals surface area contributed by atoms with Gasteiger partial charge in [-0.15, -0.1) is 0 Å². The molecule has 11 rings (SSSR count). The number of oxazole rings is 1. The summed E-state index contributed by atoms with van der Waals surface area (Å²) in [5.74, 6) is -4.57. The normalized spacial score (nSPS) is 18.6. The summed E-state index contributed by atoms with van der Waals surface area (Å²) in [5, 5.41) is 20.7. The molecule has 0 spiro atoms. The van der Waals surface area contributed by atoms with Crippen LogP contribution in [0.1, 0.15) is 120 Å². The van der Waals surface area contributed by atoms with Crippen molar-refractivity contribution in [2.75, 3.05) is 81.8 Å². The van der Waals surface area contributed by atoms with E-state index in [0.29, 0.717) is 40.7 Å². The monoisotopic (exact) mass is 1380 g/mol. The van der Waals surface area contributed by atoms with E-state index >= 15 is 0 Å². The van der Waals surface area contributed by atoms with Gasteiger partial charge >= 0.3 is 12.1 Å². The van der Waals surface area contributed by atoms with Gasteiger partial charge in [-0.25, -0.2) is 33.0 Å². The van der Waals surface area contributed by atoms with E-state index in [2.05, 4.69) is 47.0 Å². The van der Waals surface area contributed by atoms with Gasteiger partial charge in [-0.3, -0.25) is 53.5 Å². The third-order valence-corrected chi connectivity index (χ3v) is 17.4. The zero-order valence-electron chi connectivity index (χ0n) is 55.2. The first-order chi connectivity index (χ1) is 48.2. The fourth-order valence-electron chi connectivity index (χ4n) is 12.0. The highest BCUT2D eigenvalue weighted by Gasteiger charge is 2.49. The molecule has 1 unspecified atom stereocenters. The minimum atomic E-state index is -3.08. The van der Waals surface area contributed by atoms with E-state index in [9.17, 15) is 56.7 Å². The molecular weight excluding hydrogens is 1300 g/mol. The minimum absolute atomic E-state index is 0.000412. The van der Waals surface area contributed by atoms with Gasteiger partial charge < -0.3 is 59.6 Å². The van der Waals surface area contributed by atoms with E-state index in [4.69, 9.17) is 28.1 Å². The fourth-order valence-corrected chi connectivity index (χ4v) is 12.0. The lowest BCUT2D eigenvalue weighted by Gasteiger charge is -2.35. The minimum Gasteiger partial charge on any atom is -0.459 e. The molecule has 3 aromatic heterocycles. The van der Waals surface area contributed by atoms with Crippen LogP contribution in [-0.4, -0.2) is 190 Å². The zero-order chi connectivity index (χ0) is 70.6. The van der Waals surface area contributed by atoms with E-state index in [0.717, 1.165) is 40.8 Å². The number of alkyl halides is 2. The SMILES string of the molecule is CC(C)(C)[C@H](NC(=O)COCCOCCOCCNc1cccc2c1C(=O)N(C1CCC(=O)NC1=O)C2=O)C(=O)N1C[C@H](OC(=O)[C@@H]2CCCN2C(=O)OCc2ccccc2)C[C@H]1C(=O)NCc1ccc(-n2cc(NC(=O)c3coc(-c4ccnc(NCC5CC5)c4)n3)c(C(F)F)n2)cc1. The molecule has 6 N–H and O–H groups in total. The molecule has 5 aliphatic rings. The largest absolute Gasteiger partial charge is 0.459 e. The Hall–Kier alpha value is -10.5. The molecule has 4 aliphatic heterocycles. The Bertz CT molecular complexity index is 4010. The molecule has 29 nitrogen and oxygen atoms in total. The molecule has 0 radical (unpaired) electrons. The number of hydrogen-bond donors (Lipinski definition) is 6. The number of pyridine rings is 1. The molecule has 31 heteroatoms. The fraction of sp³-hybridized carbons (Fsp3) is 0.435. The molecule has 528 valence electrons. The van der Waals surface area contributed by atoms with Gasteiger partial charge in [0.15, 0.2) is 11.4 Å². The number of fused-ring (bicyclic) bond motifs is 1. The average molecular weight is 1380 g/mol. The number of carbonyl (C=O) groups is 10. The van der Waals surface area contributed by atoms with Crippen molar-refractivity contribution in [1.82, 2.24) is 50.4 Å². The van der Waals surface area contributed by atoms with Crippen molar-refractivity contribution < 1.29 is 84.8 Å². The van der Waals surface area contributed by atoms with Crippen LogP contribution in [0.3, 0.4) is 0 Å². The number of esters is 1. The van der Waals surface area contributed by atoms with Crippen LogP contribution < -0.4 is 31.9 Å². The Balaban J connectivity index is 0.671. The first kappa shape index (κ1) is 70.8. The second kappa shape index (κ2) is 32.0. The van der Waals surface area contributed by atoms with Crippen LogP contribution in [0.5, 0.6) is 0 Å². The summed E-state index contributed by atoms with van der Waals surface area (Å²) in [6.07, 6.45) is 2.09. The number of nitrogens with one attached hydrogen (secondary N) is 6. The third kappa shape index (κ3) is 17.5. The molecule has 9 amide bonds. The summed E-state index contributed by atoms with van der Waals surface area (Å²) in [5.41, 5.74) is 0.741. The molecule has 1 aliphatic carbocycles. The highest BCUT2D eigenvalue weighted by molar-refractivity contribution is 6.25. The zero-order valence-corrected chi connectivity index (χ0v) is 55.2. The van der Waals surface area contributed by atoms with Crippen LogP contribution in [0.15, 0.2) is 108 Å². The molecular formula is C69H77F2N13O16. The van der Waals surface area contributed by atoms with Crippen molar-refractivity contribution in [1.29, 1.82) is 0 Å². The van der Waals surface area contributed by atoms with Crippen LogP contribution in [0.25, 0.3) is 17.1 Å². The maximum absolute atomic E-state index is 14.9. The standard InChI is InChI=1S/C69H77F2N13O16/c1-69(2,3)58(78-55(86)39-97-30-29-96-28-27-95-26-24-72-47-12-7-11-46-56(47)65(91)84(64(46)90)50-20-21-54(85)79-62(50)89)66(92)82-35-45(100-67(93)51-13-8-25-81(51)68(94)99-37-42-9-5-4-6-10-42)32-52(82)61(88)75-34-41-16-18-44(19-17-41)83-36-48(57(80-83)59(70)71)76-60(87)49-38-98-63(77-49)43-22-23-73-53(31-43)74-33-40-14-15-40/h4-7,9-12,16-19,22-23,31,36,38,40,45,50-52,58-59,72H,8,13-15,20-21,24-30,32-35,37,39H2,1-3H3,(H,73,74)(H,75,88)(H,76,87)(H,78,86)(H,79,85,89)/t45-,50?,51+,52+,58-/m1/s1. The second-order valence-electron chi connectivity index (χ2n) is 25.7. The van der Waals surface area contributed by atoms with Gasteiger partial charge in [0.1, 0.15) is 55.6 Å². The summed E-state index contributed by atoms with van der Waals surface area (Å²) in [4.78, 5) is 146. The van der Waals surface area contributed by atoms with Crippen molar-refractivity contribution in [2.45, 2.75) is 116 Å². The lowest BCUT2D eigenvalue weighted by molar-refractivity contribution is -0.154. The van der Waals surface area contributed by atoms with E-state index in [-0.39, 0.29) is 120 Å². The Morgan fingerprint density at radius 3 is 2.30 bits per heavy atom. The van der Waals surface area contributed by atoms with Gasteiger partial charge in [0.25, 0.3) is 24.1 Å². The second-order valence-corrected chi connectivity index (χ2v) is 25.7. The quantitative estimate of drug-likeness (QED) is 0.0172. The van der Waals surface area contributed by atoms with E-state index in [1.165, 1.54) is 22.1 Å². The summed E-state index contributed by atoms with van der Waals surface area (Å²) in [6.45, 7) is 6.21. The number of imide groups is 2. The van der Waals surface area contributed by atoms with Crippen LogP contribution in [-0.2, 0) is 65.6 Å². The van der Waals surface area contributed by atoms with Gasteiger partial charge in [-0.2, -0.15) is 5.10 Å². The van der Waals surface area contributed by atoms with Crippen molar-refractivity contribution in [2.24, 2.45) is 11.3 Å². The molecule has 4 fully saturated rings. The summed E-state index contributed by atoms with van der Waals surface area (Å²) < 4.78 is 64.1. The highest BCUT2D eigenvalue weighted by Crippen LogP contribution is 2.35. The third-order valence-electron chi connectivity index (χ3n) is 17.4. The predicted octanol–water partition coefficient (Wildman–Crippen LogP) is 5.96. The van der Waals surface area contributed by atoms with Crippen LogP contribution in [0, 0.1) is 11.3 Å². The number of halogens is 2. The number of amides is 9. The maximum atomic E-state index is 14.9. The van der Waals surface area contributed by atoms with E-state index in [1.807, 2.05) is 18.2 Å². The van der Waals surface area contributed by atoms with E-state index < -0.39 is 114 Å². The first-order valence-corrected chi connectivity index (χ1v) is 33.0. The lowest BCUT2D eigenvalue weighted by Crippen LogP contribution is -2.58. The summed E-state index contributed by atoms with van der Waals surface area (Å²) >= 11 is 0. The van der Waals surface area contributed by atoms with Gasteiger partial charge in [0.05, 0.1) is 68.3 Å². The number of piperidine rings is 1. The Labute approximate surface area is 572 Å². The molecule has 5 atom stereocenters. The molecule has 3 saturated heterocycles. The summed E-state index contributed by atoms with van der Waals surface area (Å²) in [7, 11) is 0. The number of likely N-dealkylation sites (tertiary alicyclic amines) is 2. The molecule has 3 aromatic carbocycles. The molecule has 100 heavy (non-hydrogen) atoms. The topological polar surface area (TPSA) is 355 Å². The van der Waals surface area contributed by atoms with Crippen molar-refractivity contribution in [3.63, 3.8) is 0 Å². The van der Waals surface area contributed by atoms with Gasteiger partial charge in [-0.05, 0) is 91.0 Å². The number of rotatable bonds is 30. The number of hydrogen-bond acceptors (Lipinski definition) is 21. The number of anilines is 3. The van der Waals surface area contributed by atoms with Crippen molar-refractivity contribution >= 4 is 76.5 Å². The van der Waals surface area contributed by atoms with Gasteiger partial charge in [-0.1, -0.05) is 69.3 Å². The van der Waals surface area contributed by atoms with Crippen LogP contribution in [0.4, 0.5) is 30.8 Å². The van der Waals surface area contributed by atoms with Crippen molar-refractivity contribution in [3.05, 3.63) is 137 Å². The van der Waals surface area contributed by atoms with Gasteiger partial charge in [0.2, 0.25) is 35.4 Å². The first-order valence-electron chi connectivity index (χ1n) is 33.0. The Morgan fingerprint density at radius 2 is 1.56 bits per heavy atom. The number of nitrogens with zero attached hydrogens (tertiary/aromatic N) is 7. The Kier molecular flexibility index (Phi) is 22.6. The van der Waals surface area contributed by atoms with Gasteiger partial charge in [0, 0.05) is 56.5 Å². The number of benzene rings is 3. The number of ether oxygens (including phenoxy) is 5. The number of carbonyl (C=O) groups excluding carboxylic acids is 10. The highest BCUT2D eigenvalue weighted by atomic mass is 19.3. The Morgan fingerprint density at radius 1 is 0.800 bits per heavy atom. The van der Waals surface area contributed by atoms with Crippen molar-refractivity contribution in [3.8, 4) is 17.1 Å². The number of aromatic nitrogens is 4. The molecule has 0 bridgehead atoms. The van der Waals surface area contributed by atoms with Crippen LogP contribution in [0.2, 0.25) is 0 Å². The van der Waals surface area contributed by atoms with E-state index in [1.54, 1.807) is 87.6 Å². The summed E-state index contributed by atoms with van der Waals surface area (Å²) in [6, 6.07) is 19.0. The van der Waals surface area contributed by atoms with Crippen LogP contribution >= 0.6 is 0 Å². The average Bonchev–Trinajstić information content (AvgIpc) is 1.60. The lowest BCUT2D eigenvalue weighted by atomic mass is 9.85. The smallest absolute Gasteiger partial charge is 0.410 e. The maximum Gasteiger partial charge on any atom is 0.410 e. The molecule has 1 saturated carbocycles. The predicted molar refractivity (Wildman–Crippen MR) is 351 cm³/mol.